The molecule has 28 heavy (non-hydrogen) atoms. The molecule has 152 valence electrons. The van der Waals surface area contributed by atoms with Crippen molar-refractivity contribution in [1.29, 1.82) is 0 Å². The lowest BCUT2D eigenvalue weighted by atomic mass is 9.98. The zero-order chi connectivity index (χ0) is 19.8. The predicted octanol–water partition coefficient (Wildman–Crippen LogP) is 0.0778. The van der Waals surface area contributed by atoms with Gasteiger partial charge < -0.3 is 9.47 Å². The Hall–Kier alpha value is -2.53. The summed E-state index contributed by atoms with van der Waals surface area (Å²) in [5, 5.41) is 0.633. The van der Waals surface area contributed by atoms with Gasteiger partial charge in [-0.05, 0) is 25.7 Å². The van der Waals surface area contributed by atoms with Crippen LogP contribution in [0, 0.1) is 11.8 Å². The van der Waals surface area contributed by atoms with Gasteiger partial charge in [-0.1, -0.05) is 10.1 Å². The maximum absolute atomic E-state index is 12.4. The Balaban J connectivity index is 1.35. The second-order valence-electron chi connectivity index (χ2n) is 7.21. The molecule has 0 radical (unpaired) electrons. The van der Waals surface area contributed by atoms with Gasteiger partial charge in [-0.15, -0.1) is 0 Å². The molecule has 0 aromatic rings. The largest absolute Gasteiger partial charge is 0.560 e. The van der Waals surface area contributed by atoms with Crippen LogP contribution in [0.15, 0.2) is 0 Å². The molecule has 0 N–H and O–H groups in total. The van der Waals surface area contributed by atoms with E-state index in [0.717, 1.165) is 12.8 Å². The number of rotatable bonds is 4. The van der Waals surface area contributed by atoms with Crippen molar-refractivity contribution in [3.8, 4) is 0 Å². The molecule has 4 aliphatic heterocycles. The highest BCUT2D eigenvalue weighted by molar-refractivity contribution is 6.04. The van der Waals surface area contributed by atoms with E-state index in [0.29, 0.717) is 36.2 Å². The Kier molecular flexibility index (Phi) is 5.02. The van der Waals surface area contributed by atoms with Crippen molar-refractivity contribution in [1.82, 2.24) is 10.1 Å². The number of ether oxygens (including phenoxy) is 2. The van der Waals surface area contributed by atoms with Crippen molar-refractivity contribution in [2.75, 3.05) is 13.2 Å². The van der Waals surface area contributed by atoms with Gasteiger partial charge in [0.05, 0.1) is 24.0 Å². The van der Waals surface area contributed by atoms with Crippen LogP contribution in [0.3, 0.4) is 0 Å². The molecular weight excluding hydrogens is 376 g/mol. The number of carbonyl (C=O) groups is 5. The Morgan fingerprint density at radius 1 is 0.786 bits per heavy atom. The van der Waals surface area contributed by atoms with Gasteiger partial charge in [0.15, 0.2) is 0 Å². The minimum absolute atomic E-state index is 0.139. The highest BCUT2D eigenvalue weighted by atomic mass is 16.9. The average molecular weight is 396 g/mol. The van der Waals surface area contributed by atoms with Crippen LogP contribution in [0.4, 0.5) is 4.79 Å². The van der Waals surface area contributed by atoms with Crippen molar-refractivity contribution < 1.29 is 43.1 Å². The van der Waals surface area contributed by atoms with Crippen molar-refractivity contribution in [2.45, 2.75) is 50.7 Å². The minimum atomic E-state index is -1.51. The fraction of sp³-hybridized carbons (Fsp3) is 0.706. The molecule has 4 heterocycles. The number of amides is 4. The van der Waals surface area contributed by atoms with Gasteiger partial charge in [-0.25, -0.2) is 0 Å². The van der Waals surface area contributed by atoms with Crippen LogP contribution in [-0.4, -0.2) is 65.3 Å². The van der Waals surface area contributed by atoms with E-state index in [1.807, 2.05) is 0 Å². The highest BCUT2D eigenvalue weighted by Gasteiger charge is 2.49. The van der Waals surface area contributed by atoms with Crippen LogP contribution < -0.4 is 0 Å². The predicted molar refractivity (Wildman–Crippen MR) is 85.4 cm³/mol. The lowest BCUT2D eigenvalue weighted by Gasteiger charge is -2.18. The van der Waals surface area contributed by atoms with E-state index in [2.05, 4.69) is 9.68 Å². The standard InChI is InChI=1S/C17H20N2O9/c20-13-7-9(11-3-1-5-25-11)15(22)18(13)27-17(24)28-19-14(21)8-10(16(19)23)12-4-2-6-26-12/h9-12H,1-8H2. The molecule has 4 fully saturated rings. The molecule has 4 unspecified atom stereocenters. The van der Waals surface area contributed by atoms with Gasteiger partial charge in [-0.3, -0.25) is 28.9 Å². The minimum Gasteiger partial charge on any atom is -0.377 e. The topological polar surface area (TPSA) is 129 Å². The van der Waals surface area contributed by atoms with Gasteiger partial charge in [0.25, 0.3) is 23.6 Å². The number of carbonyl (C=O) groups excluding carboxylic acids is 5. The molecule has 0 aromatic heterocycles. The van der Waals surface area contributed by atoms with Gasteiger partial charge in [0, 0.05) is 26.1 Å². The molecule has 4 aliphatic rings. The molecule has 0 bridgehead atoms. The molecule has 4 saturated heterocycles. The SMILES string of the molecule is O=C(ON1C(=O)CC(C2CCCO2)C1=O)ON1C(=O)CC(C2CCCO2)C1=O. The summed E-state index contributed by atoms with van der Waals surface area (Å²) in [6.45, 7) is 1.02. The van der Waals surface area contributed by atoms with E-state index < -0.39 is 53.8 Å². The zero-order valence-corrected chi connectivity index (χ0v) is 15.0. The third-order valence-corrected chi connectivity index (χ3v) is 5.44. The molecule has 0 spiro atoms. The molecule has 11 heteroatoms. The fourth-order valence-electron chi connectivity index (χ4n) is 4.04. The summed E-state index contributed by atoms with van der Waals surface area (Å²) in [5.74, 6) is -4.27. The number of hydroxylamine groups is 4. The van der Waals surface area contributed by atoms with Crippen LogP contribution in [0.25, 0.3) is 0 Å². The maximum atomic E-state index is 12.4. The zero-order valence-electron chi connectivity index (χ0n) is 15.0. The van der Waals surface area contributed by atoms with E-state index in [1.54, 1.807) is 0 Å². The second-order valence-corrected chi connectivity index (χ2v) is 7.21. The Labute approximate surface area is 159 Å². The summed E-state index contributed by atoms with van der Waals surface area (Å²) in [5.41, 5.74) is 0. The van der Waals surface area contributed by atoms with Crippen LogP contribution in [0.5, 0.6) is 0 Å². The van der Waals surface area contributed by atoms with E-state index in [4.69, 9.17) is 9.47 Å². The molecule has 0 aliphatic carbocycles. The number of nitrogens with zero attached hydrogens (tertiary/aromatic N) is 2. The summed E-state index contributed by atoms with van der Waals surface area (Å²) < 4.78 is 10.8. The second kappa shape index (κ2) is 7.47. The molecule has 4 rings (SSSR count). The summed E-state index contributed by atoms with van der Waals surface area (Å²) in [6.07, 6.45) is 0.285. The van der Waals surface area contributed by atoms with Crippen LogP contribution in [0.1, 0.15) is 38.5 Å². The average Bonchev–Trinajstić information content (AvgIpc) is 3.44. The van der Waals surface area contributed by atoms with Crippen molar-refractivity contribution in [2.24, 2.45) is 11.8 Å². The number of hydrogen-bond acceptors (Lipinski definition) is 9. The first-order valence-electron chi connectivity index (χ1n) is 9.32. The fourth-order valence-corrected chi connectivity index (χ4v) is 4.04. The first-order chi connectivity index (χ1) is 13.5. The lowest BCUT2D eigenvalue weighted by Crippen LogP contribution is -2.40. The summed E-state index contributed by atoms with van der Waals surface area (Å²) >= 11 is 0. The normalized spacial score (nSPS) is 33.3. The van der Waals surface area contributed by atoms with Crippen molar-refractivity contribution in [3.05, 3.63) is 0 Å². The van der Waals surface area contributed by atoms with Crippen LogP contribution in [-0.2, 0) is 38.3 Å². The van der Waals surface area contributed by atoms with E-state index >= 15 is 0 Å². The summed E-state index contributed by atoms with van der Waals surface area (Å²) in [6, 6.07) is 0. The van der Waals surface area contributed by atoms with E-state index in [9.17, 15) is 24.0 Å². The molecular formula is C17H20N2O9. The Morgan fingerprint density at radius 3 is 1.57 bits per heavy atom. The van der Waals surface area contributed by atoms with E-state index in [-0.39, 0.29) is 12.8 Å². The third-order valence-electron chi connectivity index (χ3n) is 5.44. The first-order valence-corrected chi connectivity index (χ1v) is 9.32. The molecule has 4 amide bonds. The maximum Gasteiger partial charge on any atom is 0.560 e. The number of imide groups is 2. The smallest absolute Gasteiger partial charge is 0.377 e. The quantitative estimate of drug-likeness (QED) is 0.607. The van der Waals surface area contributed by atoms with E-state index in [1.165, 1.54) is 0 Å². The Morgan fingerprint density at radius 2 is 1.21 bits per heavy atom. The first kappa shape index (κ1) is 18.8. The summed E-state index contributed by atoms with van der Waals surface area (Å²) in [4.78, 5) is 70.1. The third kappa shape index (κ3) is 3.35. The van der Waals surface area contributed by atoms with Crippen molar-refractivity contribution in [3.63, 3.8) is 0 Å². The monoisotopic (exact) mass is 396 g/mol. The molecule has 0 saturated carbocycles. The van der Waals surface area contributed by atoms with Crippen molar-refractivity contribution >= 4 is 29.8 Å². The highest BCUT2D eigenvalue weighted by Crippen LogP contribution is 2.32. The number of hydrogen-bond donors (Lipinski definition) is 0. The lowest BCUT2D eigenvalue weighted by molar-refractivity contribution is -0.200. The van der Waals surface area contributed by atoms with Crippen LogP contribution in [0.2, 0.25) is 0 Å². The molecule has 4 atom stereocenters. The van der Waals surface area contributed by atoms with Gasteiger partial charge in [-0.2, -0.15) is 4.79 Å². The molecule has 11 nitrogen and oxygen atoms in total. The van der Waals surface area contributed by atoms with Gasteiger partial charge in [0.1, 0.15) is 0 Å². The summed E-state index contributed by atoms with van der Waals surface area (Å²) in [7, 11) is 0. The van der Waals surface area contributed by atoms with Crippen LogP contribution >= 0.6 is 0 Å². The van der Waals surface area contributed by atoms with Gasteiger partial charge >= 0.3 is 6.16 Å². The van der Waals surface area contributed by atoms with Gasteiger partial charge in [0.2, 0.25) is 0 Å². The molecule has 0 aromatic carbocycles. The Bertz CT molecular complexity index is 653.